The summed E-state index contributed by atoms with van der Waals surface area (Å²) >= 11 is 0. The highest BCUT2D eigenvalue weighted by molar-refractivity contribution is 5.46. The summed E-state index contributed by atoms with van der Waals surface area (Å²) in [7, 11) is 0. The molecule has 24 heavy (non-hydrogen) atoms. The fourth-order valence-electron chi connectivity index (χ4n) is 3.55. The fraction of sp³-hybridized carbons (Fsp3) is 0.429. The summed E-state index contributed by atoms with van der Waals surface area (Å²) in [6.07, 6.45) is 5.40. The van der Waals surface area contributed by atoms with Gasteiger partial charge in [0.15, 0.2) is 0 Å². The Morgan fingerprint density at radius 3 is 2.71 bits per heavy atom. The number of unbranched alkanes of at least 4 members (excludes halogenated alkanes) is 2. The molecule has 0 radical (unpaired) electrons. The van der Waals surface area contributed by atoms with Gasteiger partial charge >= 0.3 is 0 Å². The van der Waals surface area contributed by atoms with E-state index in [1.807, 2.05) is 12.1 Å². The van der Waals surface area contributed by atoms with Crippen molar-refractivity contribution in [3.8, 4) is 0 Å². The van der Waals surface area contributed by atoms with Crippen molar-refractivity contribution < 1.29 is 5.11 Å². The predicted octanol–water partition coefficient (Wildman–Crippen LogP) is 3.57. The van der Waals surface area contributed by atoms with Gasteiger partial charge in [-0.2, -0.15) is 0 Å². The molecular formula is C21H28N2O. The summed E-state index contributed by atoms with van der Waals surface area (Å²) in [5.41, 5.74) is 10.3. The molecule has 0 saturated heterocycles. The number of nitrogens with two attached hydrogens (primary N) is 1. The number of hydrogen-bond donors (Lipinski definition) is 2. The average molecular weight is 324 g/mol. The standard InChI is InChI=1S/C21H28N2O/c22-19-11-10-18-12-14-23(16-21(24)20(18)15-19)13-6-2-5-9-17-7-3-1-4-8-17/h1,3-4,7-8,10-11,15,21,24H,2,5-6,9,12-14,16,22H2. The fourth-order valence-corrected chi connectivity index (χ4v) is 3.55. The highest BCUT2D eigenvalue weighted by Crippen LogP contribution is 2.26. The first-order chi connectivity index (χ1) is 11.7. The van der Waals surface area contributed by atoms with Crippen LogP contribution in [0.15, 0.2) is 48.5 Å². The molecule has 0 fully saturated rings. The predicted molar refractivity (Wildman–Crippen MR) is 100.0 cm³/mol. The number of β-amino-alcohol motifs (C(OH)–C–C–N with tert-alkyl or cyclic N) is 1. The zero-order chi connectivity index (χ0) is 16.8. The molecule has 0 amide bonds. The third-order valence-electron chi connectivity index (χ3n) is 4.94. The van der Waals surface area contributed by atoms with E-state index in [1.54, 1.807) is 0 Å². The highest BCUT2D eigenvalue weighted by Gasteiger charge is 2.20. The molecule has 2 aromatic carbocycles. The molecule has 3 N–H and O–H groups in total. The number of fused-ring (bicyclic) bond motifs is 1. The molecule has 1 heterocycles. The molecule has 0 saturated carbocycles. The second kappa shape index (κ2) is 8.32. The van der Waals surface area contributed by atoms with Crippen LogP contribution < -0.4 is 5.73 Å². The number of anilines is 1. The first kappa shape index (κ1) is 17.0. The average Bonchev–Trinajstić information content (AvgIpc) is 2.75. The molecule has 3 rings (SSSR count). The van der Waals surface area contributed by atoms with Gasteiger partial charge in [-0.3, -0.25) is 0 Å². The zero-order valence-corrected chi connectivity index (χ0v) is 14.3. The molecule has 2 aromatic rings. The van der Waals surface area contributed by atoms with Gasteiger partial charge in [0.2, 0.25) is 0 Å². The minimum absolute atomic E-state index is 0.421. The van der Waals surface area contributed by atoms with Gasteiger partial charge in [-0.15, -0.1) is 0 Å². The van der Waals surface area contributed by atoms with E-state index >= 15 is 0 Å². The summed E-state index contributed by atoms with van der Waals surface area (Å²) in [6.45, 7) is 2.80. The molecule has 1 aliphatic heterocycles. The Hall–Kier alpha value is -1.84. The van der Waals surface area contributed by atoms with Gasteiger partial charge in [0.1, 0.15) is 0 Å². The lowest BCUT2D eigenvalue weighted by molar-refractivity contribution is 0.119. The molecular weight excluding hydrogens is 296 g/mol. The molecule has 1 atom stereocenters. The van der Waals surface area contributed by atoms with Gasteiger partial charge in [-0.05, 0) is 61.1 Å². The summed E-state index contributed by atoms with van der Waals surface area (Å²) in [5, 5.41) is 10.5. The van der Waals surface area contributed by atoms with Crippen LogP contribution in [0.5, 0.6) is 0 Å². The van der Waals surface area contributed by atoms with Crippen LogP contribution >= 0.6 is 0 Å². The van der Waals surface area contributed by atoms with E-state index < -0.39 is 6.10 Å². The van der Waals surface area contributed by atoms with Gasteiger partial charge in [0.05, 0.1) is 6.10 Å². The Morgan fingerprint density at radius 1 is 1.04 bits per heavy atom. The van der Waals surface area contributed by atoms with Gasteiger partial charge < -0.3 is 15.7 Å². The van der Waals surface area contributed by atoms with Crippen LogP contribution in [0.2, 0.25) is 0 Å². The minimum atomic E-state index is -0.421. The third-order valence-corrected chi connectivity index (χ3v) is 4.94. The SMILES string of the molecule is Nc1ccc2c(c1)C(O)CN(CCCCCc1ccccc1)CC2. The third kappa shape index (κ3) is 4.59. The van der Waals surface area contributed by atoms with Crippen LogP contribution in [0, 0.1) is 0 Å². The van der Waals surface area contributed by atoms with E-state index in [1.165, 1.54) is 30.4 Å². The van der Waals surface area contributed by atoms with Gasteiger partial charge in [0.25, 0.3) is 0 Å². The molecule has 0 aliphatic carbocycles. The second-order valence-corrected chi connectivity index (χ2v) is 6.82. The summed E-state index contributed by atoms with van der Waals surface area (Å²) < 4.78 is 0. The summed E-state index contributed by atoms with van der Waals surface area (Å²) in [4.78, 5) is 2.39. The molecule has 1 aliphatic rings. The van der Waals surface area contributed by atoms with Crippen molar-refractivity contribution in [3.05, 3.63) is 65.2 Å². The van der Waals surface area contributed by atoms with Crippen LogP contribution in [0.25, 0.3) is 0 Å². The van der Waals surface area contributed by atoms with Crippen molar-refractivity contribution >= 4 is 5.69 Å². The number of aryl methyl sites for hydroxylation is 1. The van der Waals surface area contributed by atoms with Crippen molar-refractivity contribution in [2.75, 3.05) is 25.4 Å². The molecule has 128 valence electrons. The van der Waals surface area contributed by atoms with Gasteiger partial charge in [-0.25, -0.2) is 0 Å². The van der Waals surface area contributed by atoms with Crippen LogP contribution in [0.1, 0.15) is 42.1 Å². The van der Waals surface area contributed by atoms with E-state index in [4.69, 9.17) is 5.73 Å². The second-order valence-electron chi connectivity index (χ2n) is 6.82. The normalized spacial score (nSPS) is 18.1. The van der Waals surface area contributed by atoms with Crippen LogP contribution in [-0.4, -0.2) is 29.6 Å². The number of rotatable bonds is 6. The maximum atomic E-state index is 10.5. The number of benzene rings is 2. The van der Waals surface area contributed by atoms with Crippen LogP contribution in [0.3, 0.4) is 0 Å². The number of nitrogen functional groups attached to an aromatic ring is 1. The first-order valence-corrected chi connectivity index (χ1v) is 9.05. The Kier molecular flexibility index (Phi) is 5.89. The Morgan fingerprint density at radius 2 is 1.88 bits per heavy atom. The van der Waals surface area contributed by atoms with E-state index in [-0.39, 0.29) is 0 Å². The molecule has 3 heteroatoms. The van der Waals surface area contributed by atoms with E-state index in [2.05, 4.69) is 41.3 Å². The maximum absolute atomic E-state index is 10.5. The van der Waals surface area contributed by atoms with E-state index in [0.29, 0.717) is 0 Å². The lowest BCUT2D eigenvalue weighted by Gasteiger charge is -2.22. The van der Waals surface area contributed by atoms with Crippen molar-refractivity contribution in [1.82, 2.24) is 4.90 Å². The molecule has 0 spiro atoms. The topological polar surface area (TPSA) is 49.5 Å². The minimum Gasteiger partial charge on any atom is -0.399 e. The largest absolute Gasteiger partial charge is 0.399 e. The zero-order valence-electron chi connectivity index (χ0n) is 14.3. The lowest BCUT2D eigenvalue weighted by Crippen LogP contribution is -2.29. The summed E-state index contributed by atoms with van der Waals surface area (Å²) in [6, 6.07) is 16.6. The van der Waals surface area contributed by atoms with Crippen molar-refractivity contribution in [2.24, 2.45) is 0 Å². The van der Waals surface area contributed by atoms with Crippen molar-refractivity contribution in [3.63, 3.8) is 0 Å². The van der Waals surface area contributed by atoms with E-state index in [9.17, 15) is 5.11 Å². The Bertz CT molecular complexity index is 642. The lowest BCUT2D eigenvalue weighted by atomic mass is 10.0. The highest BCUT2D eigenvalue weighted by atomic mass is 16.3. The van der Waals surface area contributed by atoms with Crippen LogP contribution in [0.4, 0.5) is 5.69 Å². The summed E-state index contributed by atoms with van der Waals surface area (Å²) in [5.74, 6) is 0. The molecule has 3 nitrogen and oxygen atoms in total. The number of aliphatic hydroxyl groups excluding tert-OH is 1. The Labute approximate surface area is 145 Å². The molecule has 1 unspecified atom stereocenters. The number of hydrogen-bond acceptors (Lipinski definition) is 3. The number of aliphatic hydroxyl groups is 1. The van der Waals surface area contributed by atoms with Crippen LogP contribution in [-0.2, 0) is 12.8 Å². The first-order valence-electron chi connectivity index (χ1n) is 9.05. The molecule has 0 bridgehead atoms. The van der Waals surface area contributed by atoms with Crippen molar-refractivity contribution in [1.29, 1.82) is 0 Å². The van der Waals surface area contributed by atoms with Gasteiger partial charge in [0, 0.05) is 18.8 Å². The molecule has 0 aromatic heterocycles. The van der Waals surface area contributed by atoms with Gasteiger partial charge in [-0.1, -0.05) is 42.8 Å². The Balaban J connectivity index is 1.42. The quantitative estimate of drug-likeness (QED) is 0.631. The monoisotopic (exact) mass is 324 g/mol. The number of nitrogens with zero attached hydrogens (tertiary/aromatic N) is 1. The smallest absolute Gasteiger partial charge is 0.0920 e. The maximum Gasteiger partial charge on any atom is 0.0920 e. The van der Waals surface area contributed by atoms with E-state index in [0.717, 1.165) is 43.7 Å². The van der Waals surface area contributed by atoms with Crippen molar-refractivity contribution in [2.45, 2.75) is 38.2 Å².